The van der Waals surface area contributed by atoms with Crippen molar-refractivity contribution in [3.8, 4) is 6.07 Å². The number of anilines is 2. The van der Waals surface area contributed by atoms with E-state index in [1.54, 1.807) is 36.2 Å². The molecular formula is C13H9ClN4O2. The van der Waals surface area contributed by atoms with E-state index in [1.807, 2.05) is 6.07 Å². The van der Waals surface area contributed by atoms with Gasteiger partial charge in [0.25, 0.3) is 5.69 Å². The van der Waals surface area contributed by atoms with Gasteiger partial charge in [0.1, 0.15) is 11.0 Å². The lowest BCUT2D eigenvalue weighted by molar-refractivity contribution is -0.384. The Hall–Kier alpha value is -2.65. The van der Waals surface area contributed by atoms with Gasteiger partial charge in [0.2, 0.25) is 0 Å². The van der Waals surface area contributed by atoms with Gasteiger partial charge >= 0.3 is 0 Å². The number of nitrogens with zero attached hydrogens (tertiary/aromatic N) is 4. The average Bonchev–Trinajstić information content (AvgIpc) is 2.45. The van der Waals surface area contributed by atoms with Crippen molar-refractivity contribution in [3.05, 3.63) is 57.2 Å². The highest BCUT2D eigenvalue weighted by atomic mass is 35.5. The molecule has 6 nitrogen and oxygen atoms in total. The van der Waals surface area contributed by atoms with Crippen LogP contribution in [0.3, 0.4) is 0 Å². The predicted molar refractivity (Wildman–Crippen MR) is 75.1 cm³/mol. The molecule has 0 atom stereocenters. The first-order valence-corrected chi connectivity index (χ1v) is 5.95. The average molecular weight is 289 g/mol. The molecule has 2 aromatic rings. The van der Waals surface area contributed by atoms with E-state index >= 15 is 0 Å². The Balaban J connectivity index is 2.45. The Morgan fingerprint density at radius 2 is 2.15 bits per heavy atom. The first-order chi connectivity index (χ1) is 9.51. The highest BCUT2D eigenvalue weighted by Crippen LogP contribution is 2.27. The van der Waals surface area contributed by atoms with Crippen LogP contribution in [0.4, 0.5) is 17.2 Å². The summed E-state index contributed by atoms with van der Waals surface area (Å²) >= 11 is 5.79. The Morgan fingerprint density at radius 3 is 2.80 bits per heavy atom. The van der Waals surface area contributed by atoms with Crippen LogP contribution in [0.25, 0.3) is 0 Å². The van der Waals surface area contributed by atoms with Gasteiger partial charge in [-0.3, -0.25) is 10.1 Å². The molecule has 0 saturated heterocycles. The summed E-state index contributed by atoms with van der Waals surface area (Å²) in [4.78, 5) is 16.0. The fraction of sp³-hybridized carbons (Fsp3) is 0.0769. The predicted octanol–water partition coefficient (Wildman–Crippen LogP) is 3.28. The minimum absolute atomic E-state index is 0.0393. The number of nitriles is 1. The molecule has 100 valence electrons. The summed E-state index contributed by atoms with van der Waals surface area (Å²) in [7, 11) is 1.69. The third-order valence-electron chi connectivity index (χ3n) is 2.68. The van der Waals surface area contributed by atoms with Gasteiger partial charge in [0.15, 0.2) is 0 Å². The molecule has 0 fully saturated rings. The van der Waals surface area contributed by atoms with Gasteiger partial charge < -0.3 is 4.90 Å². The van der Waals surface area contributed by atoms with Crippen LogP contribution < -0.4 is 4.90 Å². The number of rotatable bonds is 3. The molecule has 0 spiro atoms. The molecule has 0 unspecified atom stereocenters. The molecule has 2 rings (SSSR count). The number of hydrogen-bond donors (Lipinski definition) is 0. The molecule has 0 N–H and O–H groups in total. The van der Waals surface area contributed by atoms with Crippen LogP contribution >= 0.6 is 11.6 Å². The van der Waals surface area contributed by atoms with Gasteiger partial charge in [0, 0.05) is 12.7 Å². The standard InChI is InChI=1S/C13H9ClN4O2/c1-17(10-4-2-3-9(5-10)8-15)13-7-11(18(19)20)6-12(14)16-13/h2-7H,1H3. The summed E-state index contributed by atoms with van der Waals surface area (Å²) in [5.74, 6) is 0.333. The van der Waals surface area contributed by atoms with Gasteiger partial charge in [-0.25, -0.2) is 4.98 Å². The molecule has 0 bridgehead atoms. The maximum atomic E-state index is 10.8. The summed E-state index contributed by atoms with van der Waals surface area (Å²) in [6.07, 6.45) is 0. The second-order valence-corrected chi connectivity index (χ2v) is 4.37. The van der Waals surface area contributed by atoms with E-state index in [9.17, 15) is 10.1 Å². The summed E-state index contributed by atoms with van der Waals surface area (Å²) in [6.45, 7) is 0. The smallest absolute Gasteiger partial charge is 0.276 e. The van der Waals surface area contributed by atoms with E-state index in [2.05, 4.69) is 4.98 Å². The van der Waals surface area contributed by atoms with Gasteiger partial charge in [-0.2, -0.15) is 5.26 Å². The third-order valence-corrected chi connectivity index (χ3v) is 2.88. The summed E-state index contributed by atoms with van der Waals surface area (Å²) in [5, 5.41) is 19.7. The van der Waals surface area contributed by atoms with Crippen LogP contribution in [0.5, 0.6) is 0 Å². The summed E-state index contributed by atoms with van der Waals surface area (Å²) < 4.78 is 0. The molecule has 0 radical (unpaired) electrons. The summed E-state index contributed by atoms with van der Waals surface area (Å²) in [5.41, 5.74) is 1.04. The molecule has 20 heavy (non-hydrogen) atoms. The Labute approximate surface area is 120 Å². The highest BCUT2D eigenvalue weighted by Gasteiger charge is 2.14. The van der Waals surface area contributed by atoms with Crippen molar-refractivity contribution in [1.82, 2.24) is 4.98 Å². The van der Waals surface area contributed by atoms with Crippen molar-refractivity contribution < 1.29 is 4.92 Å². The third kappa shape index (κ3) is 2.84. The minimum atomic E-state index is -0.531. The fourth-order valence-electron chi connectivity index (χ4n) is 1.66. The zero-order valence-corrected chi connectivity index (χ0v) is 11.2. The van der Waals surface area contributed by atoms with Crippen LogP contribution in [0, 0.1) is 21.4 Å². The van der Waals surface area contributed by atoms with E-state index in [1.165, 1.54) is 12.1 Å². The van der Waals surface area contributed by atoms with Crippen LogP contribution in [0.1, 0.15) is 5.56 Å². The fourth-order valence-corrected chi connectivity index (χ4v) is 1.86. The number of aromatic nitrogens is 1. The molecule has 0 aliphatic rings. The van der Waals surface area contributed by atoms with Crippen molar-refractivity contribution in [1.29, 1.82) is 5.26 Å². The Morgan fingerprint density at radius 1 is 1.40 bits per heavy atom. The van der Waals surface area contributed by atoms with E-state index < -0.39 is 4.92 Å². The van der Waals surface area contributed by atoms with Crippen molar-refractivity contribution in [2.45, 2.75) is 0 Å². The largest absolute Gasteiger partial charge is 0.329 e. The molecule has 0 aliphatic carbocycles. The molecule has 1 aromatic heterocycles. The number of benzene rings is 1. The molecular weight excluding hydrogens is 280 g/mol. The SMILES string of the molecule is CN(c1cccc(C#N)c1)c1cc([N+](=O)[O-])cc(Cl)n1. The van der Waals surface area contributed by atoms with E-state index in [4.69, 9.17) is 16.9 Å². The second-order valence-electron chi connectivity index (χ2n) is 3.98. The first-order valence-electron chi connectivity index (χ1n) is 5.57. The normalized spacial score (nSPS) is 9.85. The Kier molecular flexibility index (Phi) is 3.82. The van der Waals surface area contributed by atoms with Gasteiger partial charge in [-0.15, -0.1) is 0 Å². The lowest BCUT2D eigenvalue weighted by atomic mass is 10.2. The van der Waals surface area contributed by atoms with E-state index in [0.717, 1.165) is 0 Å². The van der Waals surface area contributed by atoms with Crippen molar-refractivity contribution >= 4 is 28.8 Å². The second kappa shape index (κ2) is 5.55. The molecule has 0 aliphatic heterocycles. The van der Waals surface area contributed by atoms with Gasteiger partial charge in [-0.1, -0.05) is 17.7 Å². The summed E-state index contributed by atoms with van der Waals surface area (Å²) in [6, 6.07) is 11.4. The first kappa shape index (κ1) is 13.8. The number of hydrogen-bond acceptors (Lipinski definition) is 5. The molecule has 1 aromatic carbocycles. The van der Waals surface area contributed by atoms with Crippen LogP contribution in [0.2, 0.25) is 5.15 Å². The van der Waals surface area contributed by atoms with Crippen LogP contribution in [-0.4, -0.2) is 17.0 Å². The minimum Gasteiger partial charge on any atom is -0.329 e. The highest BCUT2D eigenvalue weighted by molar-refractivity contribution is 6.29. The van der Waals surface area contributed by atoms with Crippen molar-refractivity contribution in [2.75, 3.05) is 11.9 Å². The molecule has 1 heterocycles. The Bertz CT molecular complexity index is 712. The number of nitro groups is 1. The quantitative estimate of drug-likeness (QED) is 0.491. The monoisotopic (exact) mass is 288 g/mol. The van der Waals surface area contributed by atoms with Gasteiger partial charge in [-0.05, 0) is 18.2 Å². The topological polar surface area (TPSA) is 83.1 Å². The zero-order chi connectivity index (χ0) is 14.7. The lowest BCUT2D eigenvalue weighted by Gasteiger charge is -2.18. The zero-order valence-electron chi connectivity index (χ0n) is 10.4. The maximum absolute atomic E-state index is 10.8. The van der Waals surface area contributed by atoms with E-state index in [0.29, 0.717) is 17.1 Å². The number of halogens is 1. The molecule has 0 saturated carbocycles. The van der Waals surface area contributed by atoms with Crippen molar-refractivity contribution in [3.63, 3.8) is 0 Å². The molecule has 0 amide bonds. The lowest BCUT2D eigenvalue weighted by Crippen LogP contribution is -2.11. The maximum Gasteiger partial charge on any atom is 0.276 e. The van der Waals surface area contributed by atoms with Crippen LogP contribution in [-0.2, 0) is 0 Å². The number of pyridine rings is 1. The van der Waals surface area contributed by atoms with Gasteiger partial charge in [0.05, 0.1) is 28.7 Å². The van der Waals surface area contributed by atoms with E-state index in [-0.39, 0.29) is 10.8 Å². The van der Waals surface area contributed by atoms with Crippen molar-refractivity contribution in [2.24, 2.45) is 0 Å². The van der Waals surface area contributed by atoms with Crippen LogP contribution in [0.15, 0.2) is 36.4 Å². The molecule has 7 heteroatoms.